The molecule has 0 atom stereocenters. The number of ether oxygens (including phenoxy) is 2. The normalized spacial score (nSPS) is 11.2. The molecule has 146 valence electrons. The highest BCUT2D eigenvalue weighted by atomic mass is 16.5. The number of hydrogen-bond donors (Lipinski definition) is 2. The van der Waals surface area contributed by atoms with Gasteiger partial charge in [-0.05, 0) is 42.8 Å². The molecule has 0 aliphatic heterocycles. The summed E-state index contributed by atoms with van der Waals surface area (Å²) in [6.45, 7) is 3.33. The highest BCUT2D eigenvalue weighted by molar-refractivity contribution is 5.93. The van der Waals surface area contributed by atoms with Crippen LogP contribution in [0.3, 0.4) is 0 Å². The summed E-state index contributed by atoms with van der Waals surface area (Å²) in [5.41, 5.74) is 2.97. The van der Waals surface area contributed by atoms with Gasteiger partial charge in [0.2, 0.25) is 0 Å². The highest BCUT2D eigenvalue weighted by Gasteiger charge is 2.06. The second-order valence-electron chi connectivity index (χ2n) is 6.01. The lowest BCUT2D eigenvalue weighted by Crippen LogP contribution is -2.30. The van der Waals surface area contributed by atoms with E-state index in [-0.39, 0.29) is 0 Å². The summed E-state index contributed by atoms with van der Waals surface area (Å²) < 4.78 is 12.5. The minimum Gasteiger partial charge on any atom is -0.493 e. The van der Waals surface area contributed by atoms with E-state index in [0.717, 1.165) is 23.5 Å². The SMILES string of the molecule is CCNC(=NCc1cccc(-n2cccn2)c1)Nc1ccc(OC)c(OC)c1. The van der Waals surface area contributed by atoms with E-state index in [4.69, 9.17) is 14.5 Å². The number of aromatic nitrogens is 2. The zero-order valence-electron chi connectivity index (χ0n) is 16.3. The van der Waals surface area contributed by atoms with Crippen LogP contribution < -0.4 is 20.1 Å². The van der Waals surface area contributed by atoms with Crippen LogP contribution in [0.2, 0.25) is 0 Å². The van der Waals surface area contributed by atoms with Crippen molar-refractivity contribution in [3.8, 4) is 17.2 Å². The first-order chi connectivity index (χ1) is 13.7. The summed E-state index contributed by atoms with van der Waals surface area (Å²) in [5.74, 6) is 2.04. The molecule has 0 saturated heterocycles. The van der Waals surface area contributed by atoms with Crippen LogP contribution in [-0.4, -0.2) is 36.5 Å². The van der Waals surface area contributed by atoms with Gasteiger partial charge in [-0.3, -0.25) is 0 Å². The number of guanidine groups is 1. The van der Waals surface area contributed by atoms with Crippen LogP contribution in [0.15, 0.2) is 65.9 Å². The van der Waals surface area contributed by atoms with Crippen molar-refractivity contribution in [2.45, 2.75) is 13.5 Å². The maximum Gasteiger partial charge on any atom is 0.196 e. The van der Waals surface area contributed by atoms with Gasteiger partial charge in [-0.15, -0.1) is 0 Å². The molecular weight excluding hydrogens is 354 g/mol. The Labute approximate surface area is 165 Å². The third kappa shape index (κ3) is 4.82. The van der Waals surface area contributed by atoms with Gasteiger partial charge >= 0.3 is 0 Å². The second kappa shape index (κ2) is 9.45. The molecule has 28 heavy (non-hydrogen) atoms. The Balaban J connectivity index is 1.75. The Morgan fingerprint density at radius 3 is 2.64 bits per heavy atom. The van der Waals surface area contributed by atoms with Crippen LogP contribution in [0, 0.1) is 0 Å². The van der Waals surface area contributed by atoms with E-state index in [1.54, 1.807) is 20.4 Å². The van der Waals surface area contributed by atoms with E-state index < -0.39 is 0 Å². The van der Waals surface area contributed by atoms with Gasteiger partial charge in [-0.1, -0.05) is 12.1 Å². The van der Waals surface area contributed by atoms with Crippen molar-refractivity contribution in [2.75, 3.05) is 26.1 Å². The first kappa shape index (κ1) is 19.3. The summed E-state index contributed by atoms with van der Waals surface area (Å²) in [6, 6.07) is 15.7. The molecule has 0 fully saturated rings. The molecule has 0 spiro atoms. The predicted molar refractivity (Wildman–Crippen MR) is 112 cm³/mol. The predicted octanol–water partition coefficient (Wildman–Crippen LogP) is 3.47. The molecule has 0 aliphatic carbocycles. The first-order valence-electron chi connectivity index (χ1n) is 9.09. The maximum atomic E-state index is 5.36. The fraction of sp³-hybridized carbons (Fsp3) is 0.238. The standard InChI is InChI=1S/C21H25N5O2/c1-4-22-21(25-17-9-10-19(27-2)20(14-17)28-3)23-15-16-7-5-8-18(13-16)26-12-6-11-24-26/h5-14H,4,15H2,1-3H3,(H2,22,23,25). The molecule has 0 unspecified atom stereocenters. The van der Waals surface area contributed by atoms with E-state index in [1.807, 2.05) is 54.2 Å². The fourth-order valence-electron chi connectivity index (χ4n) is 2.75. The number of rotatable bonds is 7. The van der Waals surface area contributed by atoms with E-state index in [1.165, 1.54) is 0 Å². The third-order valence-electron chi connectivity index (χ3n) is 4.09. The second-order valence-corrected chi connectivity index (χ2v) is 6.01. The van der Waals surface area contributed by atoms with Gasteiger partial charge in [-0.25, -0.2) is 9.67 Å². The van der Waals surface area contributed by atoms with Crippen molar-refractivity contribution in [1.29, 1.82) is 0 Å². The van der Waals surface area contributed by atoms with Gasteiger partial charge in [0.15, 0.2) is 17.5 Å². The lowest BCUT2D eigenvalue weighted by atomic mass is 10.2. The molecule has 0 saturated carbocycles. The van der Waals surface area contributed by atoms with Gasteiger partial charge < -0.3 is 20.1 Å². The Morgan fingerprint density at radius 2 is 1.93 bits per heavy atom. The molecule has 2 aromatic carbocycles. The summed E-state index contributed by atoms with van der Waals surface area (Å²) in [7, 11) is 3.24. The van der Waals surface area contributed by atoms with Crippen LogP contribution >= 0.6 is 0 Å². The molecule has 2 N–H and O–H groups in total. The van der Waals surface area contributed by atoms with Gasteiger partial charge in [0, 0.05) is 30.7 Å². The van der Waals surface area contributed by atoms with Crippen molar-refractivity contribution < 1.29 is 9.47 Å². The van der Waals surface area contributed by atoms with Crippen molar-refractivity contribution in [3.63, 3.8) is 0 Å². The summed E-state index contributed by atoms with van der Waals surface area (Å²) in [6.07, 6.45) is 3.69. The molecule has 0 bridgehead atoms. The number of methoxy groups -OCH3 is 2. The van der Waals surface area contributed by atoms with E-state index in [0.29, 0.717) is 24.0 Å². The van der Waals surface area contributed by atoms with E-state index in [2.05, 4.69) is 27.9 Å². The molecule has 1 heterocycles. The largest absolute Gasteiger partial charge is 0.493 e. The van der Waals surface area contributed by atoms with Crippen LogP contribution in [0.5, 0.6) is 11.5 Å². The summed E-state index contributed by atoms with van der Waals surface area (Å²) in [4.78, 5) is 4.69. The van der Waals surface area contributed by atoms with Crippen molar-refractivity contribution >= 4 is 11.6 Å². The van der Waals surface area contributed by atoms with Crippen molar-refractivity contribution in [3.05, 3.63) is 66.5 Å². The Hall–Kier alpha value is -3.48. The summed E-state index contributed by atoms with van der Waals surface area (Å²) >= 11 is 0. The van der Waals surface area contributed by atoms with Crippen LogP contribution in [0.25, 0.3) is 5.69 Å². The topological polar surface area (TPSA) is 72.7 Å². The lowest BCUT2D eigenvalue weighted by molar-refractivity contribution is 0.355. The smallest absolute Gasteiger partial charge is 0.196 e. The van der Waals surface area contributed by atoms with E-state index >= 15 is 0 Å². The number of nitrogens with zero attached hydrogens (tertiary/aromatic N) is 3. The molecule has 0 amide bonds. The third-order valence-corrected chi connectivity index (χ3v) is 4.09. The number of aliphatic imine (C=N–C) groups is 1. The lowest BCUT2D eigenvalue weighted by Gasteiger charge is -2.14. The van der Waals surface area contributed by atoms with Gasteiger partial charge in [0.25, 0.3) is 0 Å². The average molecular weight is 379 g/mol. The van der Waals surface area contributed by atoms with Gasteiger partial charge in [-0.2, -0.15) is 5.10 Å². The molecular formula is C21H25N5O2. The molecule has 1 aromatic heterocycles. The Bertz CT molecular complexity index is 922. The molecule has 3 aromatic rings. The zero-order valence-corrected chi connectivity index (χ0v) is 16.3. The molecule has 3 rings (SSSR count). The first-order valence-corrected chi connectivity index (χ1v) is 9.09. The maximum absolute atomic E-state index is 5.36. The molecule has 0 radical (unpaired) electrons. The van der Waals surface area contributed by atoms with Crippen LogP contribution in [0.4, 0.5) is 5.69 Å². The fourth-order valence-corrected chi connectivity index (χ4v) is 2.75. The molecule has 0 aliphatic rings. The monoisotopic (exact) mass is 379 g/mol. The Morgan fingerprint density at radius 1 is 1.07 bits per heavy atom. The zero-order chi connectivity index (χ0) is 19.8. The number of anilines is 1. The quantitative estimate of drug-likeness (QED) is 0.486. The van der Waals surface area contributed by atoms with Gasteiger partial charge in [0.1, 0.15) is 0 Å². The highest BCUT2D eigenvalue weighted by Crippen LogP contribution is 2.29. The minimum absolute atomic E-state index is 0.539. The van der Waals surface area contributed by atoms with Crippen LogP contribution in [0.1, 0.15) is 12.5 Å². The summed E-state index contributed by atoms with van der Waals surface area (Å²) in [5, 5.41) is 10.8. The average Bonchev–Trinajstić information content (AvgIpc) is 3.27. The Kier molecular flexibility index (Phi) is 6.51. The molecule has 7 heteroatoms. The van der Waals surface area contributed by atoms with Crippen molar-refractivity contribution in [1.82, 2.24) is 15.1 Å². The van der Waals surface area contributed by atoms with Crippen LogP contribution in [-0.2, 0) is 6.54 Å². The van der Waals surface area contributed by atoms with E-state index in [9.17, 15) is 0 Å². The minimum atomic E-state index is 0.539. The number of hydrogen-bond acceptors (Lipinski definition) is 4. The number of benzene rings is 2. The van der Waals surface area contributed by atoms with Gasteiger partial charge in [0.05, 0.1) is 26.5 Å². The number of nitrogens with one attached hydrogen (secondary N) is 2. The van der Waals surface area contributed by atoms with Crippen molar-refractivity contribution in [2.24, 2.45) is 4.99 Å². The molecule has 7 nitrogen and oxygen atoms in total.